The molecular formula is C13H22N6S. The van der Waals surface area contributed by atoms with E-state index in [-0.39, 0.29) is 6.04 Å². The summed E-state index contributed by atoms with van der Waals surface area (Å²) >= 11 is 1.48. The number of aromatic nitrogens is 5. The Bertz CT molecular complexity index is 532. The summed E-state index contributed by atoms with van der Waals surface area (Å²) in [5.41, 5.74) is 1.09. The summed E-state index contributed by atoms with van der Waals surface area (Å²) in [4.78, 5) is 5.58. The minimum Gasteiger partial charge on any atom is -0.309 e. The van der Waals surface area contributed by atoms with Crippen LogP contribution in [0.25, 0.3) is 0 Å². The van der Waals surface area contributed by atoms with E-state index in [1.54, 1.807) is 6.33 Å². The number of nitrogens with zero attached hydrogens (tertiary/aromatic N) is 5. The van der Waals surface area contributed by atoms with E-state index in [0.717, 1.165) is 31.0 Å². The Hall–Kier alpha value is -1.34. The molecule has 2 rings (SSSR count). The van der Waals surface area contributed by atoms with Gasteiger partial charge in [0.15, 0.2) is 0 Å². The Balaban J connectivity index is 2.25. The summed E-state index contributed by atoms with van der Waals surface area (Å²) in [5.74, 6) is 1.38. The second-order valence-corrected chi connectivity index (χ2v) is 5.77. The monoisotopic (exact) mass is 294 g/mol. The first kappa shape index (κ1) is 15.1. The highest BCUT2D eigenvalue weighted by atomic mass is 32.1. The number of hydrogen-bond donors (Lipinski definition) is 1. The molecule has 20 heavy (non-hydrogen) atoms. The molecule has 0 bridgehead atoms. The lowest BCUT2D eigenvalue weighted by atomic mass is 10.0. The van der Waals surface area contributed by atoms with Gasteiger partial charge in [-0.05, 0) is 30.9 Å². The van der Waals surface area contributed by atoms with Gasteiger partial charge in [0, 0.05) is 13.0 Å². The van der Waals surface area contributed by atoms with E-state index in [0.29, 0.717) is 5.92 Å². The van der Waals surface area contributed by atoms with E-state index >= 15 is 0 Å². The van der Waals surface area contributed by atoms with Gasteiger partial charge in [0.05, 0.1) is 16.6 Å². The molecule has 0 aliphatic heterocycles. The van der Waals surface area contributed by atoms with Crippen LogP contribution in [-0.4, -0.2) is 30.9 Å². The molecule has 0 saturated heterocycles. The molecule has 110 valence electrons. The van der Waals surface area contributed by atoms with Crippen LogP contribution >= 0.6 is 11.5 Å². The SMILES string of the molecule is CCNC(Cc1ncnn1CC)c1snnc1C(C)C. The van der Waals surface area contributed by atoms with Gasteiger partial charge < -0.3 is 5.32 Å². The fourth-order valence-corrected chi connectivity index (χ4v) is 3.12. The van der Waals surface area contributed by atoms with Gasteiger partial charge >= 0.3 is 0 Å². The van der Waals surface area contributed by atoms with Crippen molar-refractivity contribution in [2.45, 2.75) is 52.6 Å². The van der Waals surface area contributed by atoms with E-state index in [2.05, 4.69) is 52.7 Å². The van der Waals surface area contributed by atoms with Crippen molar-refractivity contribution in [2.75, 3.05) is 6.54 Å². The fourth-order valence-electron chi connectivity index (χ4n) is 2.24. The molecule has 0 spiro atoms. The normalized spacial score (nSPS) is 13.1. The molecule has 7 heteroatoms. The van der Waals surface area contributed by atoms with Crippen LogP contribution in [0.15, 0.2) is 6.33 Å². The maximum Gasteiger partial charge on any atom is 0.138 e. The number of hydrogen-bond acceptors (Lipinski definition) is 6. The maximum absolute atomic E-state index is 4.37. The largest absolute Gasteiger partial charge is 0.309 e. The molecule has 0 aliphatic carbocycles. The van der Waals surface area contributed by atoms with Crippen LogP contribution in [0.4, 0.5) is 0 Å². The zero-order chi connectivity index (χ0) is 14.5. The van der Waals surface area contributed by atoms with Crippen LogP contribution in [-0.2, 0) is 13.0 Å². The van der Waals surface area contributed by atoms with E-state index in [1.165, 1.54) is 16.4 Å². The average Bonchev–Trinajstić information content (AvgIpc) is 3.06. The van der Waals surface area contributed by atoms with Gasteiger partial charge in [0.25, 0.3) is 0 Å². The fraction of sp³-hybridized carbons (Fsp3) is 0.692. The summed E-state index contributed by atoms with van der Waals surface area (Å²) in [6.45, 7) is 10.2. The van der Waals surface area contributed by atoms with Crippen LogP contribution in [0.3, 0.4) is 0 Å². The van der Waals surface area contributed by atoms with Crippen LogP contribution < -0.4 is 5.32 Å². The molecular weight excluding hydrogens is 272 g/mol. The molecule has 0 aromatic carbocycles. The molecule has 0 saturated carbocycles. The first-order valence-electron chi connectivity index (χ1n) is 7.09. The van der Waals surface area contributed by atoms with E-state index < -0.39 is 0 Å². The lowest BCUT2D eigenvalue weighted by Gasteiger charge is -2.17. The van der Waals surface area contributed by atoms with Crippen LogP contribution in [0.2, 0.25) is 0 Å². The topological polar surface area (TPSA) is 68.5 Å². The first-order valence-corrected chi connectivity index (χ1v) is 7.86. The molecule has 2 aromatic rings. The lowest BCUT2D eigenvalue weighted by Crippen LogP contribution is -2.25. The van der Waals surface area contributed by atoms with E-state index in [1.807, 2.05) is 4.68 Å². The highest BCUT2D eigenvalue weighted by Crippen LogP contribution is 2.28. The van der Waals surface area contributed by atoms with Gasteiger partial charge in [-0.25, -0.2) is 4.98 Å². The molecule has 2 aromatic heterocycles. The molecule has 0 radical (unpaired) electrons. The molecule has 0 fully saturated rings. The van der Waals surface area contributed by atoms with Crippen molar-refractivity contribution >= 4 is 11.5 Å². The summed E-state index contributed by atoms with van der Waals surface area (Å²) in [6.07, 6.45) is 2.43. The molecule has 0 amide bonds. The smallest absolute Gasteiger partial charge is 0.138 e. The number of aryl methyl sites for hydroxylation is 1. The summed E-state index contributed by atoms with van der Waals surface area (Å²) in [7, 11) is 0. The minimum atomic E-state index is 0.201. The molecule has 1 unspecified atom stereocenters. The predicted octanol–water partition coefficient (Wildman–Crippen LogP) is 2.17. The van der Waals surface area contributed by atoms with Gasteiger partial charge in [0.2, 0.25) is 0 Å². The number of rotatable bonds is 7. The molecule has 1 atom stereocenters. The Morgan fingerprint density at radius 1 is 1.35 bits per heavy atom. The zero-order valence-corrected chi connectivity index (χ0v) is 13.3. The van der Waals surface area contributed by atoms with Gasteiger partial charge in [-0.2, -0.15) is 5.10 Å². The van der Waals surface area contributed by atoms with Crippen LogP contribution in [0.5, 0.6) is 0 Å². The summed E-state index contributed by atoms with van der Waals surface area (Å²) in [5, 5.41) is 12.0. The third-order valence-electron chi connectivity index (χ3n) is 3.24. The lowest BCUT2D eigenvalue weighted by molar-refractivity contribution is 0.510. The Morgan fingerprint density at radius 3 is 2.80 bits per heavy atom. The van der Waals surface area contributed by atoms with Gasteiger partial charge in [-0.1, -0.05) is 25.3 Å². The summed E-state index contributed by atoms with van der Waals surface area (Å²) < 4.78 is 6.07. The Morgan fingerprint density at radius 2 is 2.15 bits per heavy atom. The maximum atomic E-state index is 4.37. The first-order chi connectivity index (χ1) is 9.67. The minimum absolute atomic E-state index is 0.201. The molecule has 6 nitrogen and oxygen atoms in total. The summed E-state index contributed by atoms with van der Waals surface area (Å²) in [6, 6.07) is 0.201. The average molecular weight is 294 g/mol. The van der Waals surface area contributed by atoms with Crippen molar-refractivity contribution < 1.29 is 0 Å². The second kappa shape index (κ2) is 6.90. The van der Waals surface area contributed by atoms with Crippen molar-refractivity contribution in [3.63, 3.8) is 0 Å². The quantitative estimate of drug-likeness (QED) is 0.847. The highest BCUT2D eigenvalue weighted by molar-refractivity contribution is 7.05. The second-order valence-electron chi connectivity index (χ2n) is 4.98. The molecule has 0 aliphatic rings. The van der Waals surface area contributed by atoms with Crippen molar-refractivity contribution in [3.8, 4) is 0 Å². The van der Waals surface area contributed by atoms with E-state index in [9.17, 15) is 0 Å². The predicted molar refractivity (Wildman–Crippen MR) is 79.8 cm³/mol. The van der Waals surface area contributed by atoms with Gasteiger partial charge in [0.1, 0.15) is 12.2 Å². The van der Waals surface area contributed by atoms with Crippen molar-refractivity contribution in [1.82, 2.24) is 29.7 Å². The molecule has 2 heterocycles. The third-order valence-corrected chi connectivity index (χ3v) is 4.09. The number of likely N-dealkylation sites (N-methyl/N-ethyl adjacent to an activating group) is 1. The highest BCUT2D eigenvalue weighted by Gasteiger charge is 2.22. The molecule has 1 N–H and O–H groups in total. The van der Waals surface area contributed by atoms with Crippen molar-refractivity contribution in [1.29, 1.82) is 0 Å². The van der Waals surface area contributed by atoms with Crippen molar-refractivity contribution in [2.24, 2.45) is 0 Å². The third kappa shape index (κ3) is 3.21. The van der Waals surface area contributed by atoms with Gasteiger partial charge in [-0.3, -0.25) is 4.68 Å². The van der Waals surface area contributed by atoms with Gasteiger partial charge in [-0.15, -0.1) is 5.10 Å². The van der Waals surface area contributed by atoms with Crippen LogP contribution in [0.1, 0.15) is 56.1 Å². The van der Waals surface area contributed by atoms with Crippen molar-refractivity contribution in [3.05, 3.63) is 22.7 Å². The Kier molecular flexibility index (Phi) is 5.19. The standard InChI is InChI=1S/C13H22N6S/c1-5-14-10(7-11-15-8-16-19(11)6-2)13-12(9(3)4)17-18-20-13/h8-10,14H,5-7H2,1-4H3. The zero-order valence-electron chi connectivity index (χ0n) is 12.5. The Labute approximate surface area is 123 Å². The number of nitrogens with one attached hydrogen (secondary N) is 1. The van der Waals surface area contributed by atoms with Crippen LogP contribution in [0, 0.1) is 0 Å². The van der Waals surface area contributed by atoms with E-state index in [4.69, 9.17) is 0 Å².